The van der Waals surface area contributed by atoms with E-state index in [2.05, 4.69) is 13.2 Å². The van der Waals surface area contributed by atoms with Crippen LogP contribution in [0.25, 0.3) is 0 Å². The van der Waals surface area contributed by atoms with Crippen LogP contribution in [0.15, 0.2) is 49.3 Å². The van der Waals surface area contributed by atoms with Crippen molar-refractivity contribution in [3.63, 3.8) is 0 Å². The fourth-order valence-corrected chi connectivity index (χ4v) is 1.55. The van der Waals surface area contributed by atoms with Crippen molar-refractivity contribution < 1.29 is 10.2 Å². The predicted octanol–water partition coefficient (Wildman–Crippen LogP) is 1.75. The lowest BCUT2D eigenvalue weighted by Crippen LogP contribution is -2.47. The van der Waals surface area contributed by atoms with E-state index in [1.807, 2.05) is 4.90 Å². The van der Waals surface area contributed by atoms with Gasteiger partial charge in [-0.2, -0.15) is 0 Å². The highest BCUT2D eigenvalue weighted by atomic mass is 16.3. The summed E-state index contributed by atoms with van der Waals surface area (Å²) >= 11 is 0. The Morgan fingerprint density at radius 3 is 2.40 bits per heavy atom. The molecule has 0 aromatic rings. The van der Waals surface area contributed by atoms with Crippen LogP contribution in [-0.4, -0.2) is 33.9 Å². The molecule has 1 unspecified atom stereocenters. The van der Waals surface area contributed by atoms with Crippen molar-refractivity contribution in [1.82, 2.24) is 4.90 Å². The Labute approximate surface area is 90.3 Å². The van der Waals surface area contributed by atoms with E-state index < -0.39 is 5.72 Å². The minimum absolute atomic E-state index is 0.192. The van der Waals surface area contributed by atoms with Crippen LogP contribution in [0.3, 0.4) is 0 Å². The molecule has 0 saturated heterocycles. The van der Waals surface area contributed by atoms with Crippen LogP contribution < -0.4 is 0 Å². The molecular weight excluding hydrogens is 190 g/mol. The van der Waals surface area contributed by atoms with E-state index in [-0.39, 0.29) is 5.76 Å². The van der Waals surface area contributed by atoms with Gasteiger partial charge in [-0.25, -0.2) is 0 Å². The smallest absolute Gasteiger partial charge is 0.142 e. The third-order valence-electron chi connectivity index (χ3n) is 2.38. The molecule has 1 rings (SSSR count). The minimum Gasteiger partial charge on any atom is -0.508 e. The van der Waals surface area contributed by atoms with Crippen LogP contribution in [0, 0.1) is 0 Å². The van der Waals surface area contributed by atoms with Gasteiger partial charge in [0.25, 0.3) is 0 Å². The largest absolute Gasteiger partial charge is 0.508 e. The number of hydrogen-bond donors (Lipinski definition) is 2. The first kappa shape index (κ1) is 11.8. The molecule has 0 bridgehead atoms. The molecule has 0 aliphatic heterocycles. The van der Waals surface area contributed by atoms with Gasteiger partial charge in [0.2, 0.25) is 0 Å². The van der Waals surface area contributed by atoms with E-state index in [4.69, 9.17) is 0 Å². The summed E-state index contributed by atoms with van der Waals surface area (Å²) in [6, 6.07) is 0. The van der Waals surface area contributed by atoms with Crippen molar-refractivity contribution in [3.05, 3.63) is 49.3 Å². The molecule has 3 heteroatoms. The summed E-state index contributed by atoms with van der Waals surface area (Å²) in [5.74, 6) is 0.192. The van der Waals surface area contributed by atoms with Crippen LogP contribution >= 0.6 is 0 Å². The fourth-order valence-electron chi connectivity index (χ4n) is 1.55. The number of hydrogen-bond acceptors (Lipinski definition) is 3. The monoisotopic (exact) mass is 207 g/mol. The SMILES string of the molecule is C=CCN(CC=C)C1(O)C=CC(O)=CC1. The minimum atomic E-state index is -1.05. The maximum atomic E-state index is 10.3. The highest BCUT2D eigenvalue weighted by Gasteiger charge is 2.30. The second-order valence-corrected chi connectivity index (χ2v) is 3.53. The van der Waals surface area contributed by atoms with Crippen LogP contribution in [0.1, 0.15) is 6.42 Å². The maximum Gasteiger partial charge on any atom is 0.142 e. The van der Waals surface area contributed by atoms with Crippen molar-refractivity contribution >= 4 is 0 Å². The number of allylic oxidation sites excluding steroid dienone is 1. The molecule has 0 radical (unpaired) electrons. The molecule has 1 aliphatic rings. The van der Waals surface area contributed by atoms with E-state index >= 15 is 0 Å². The molecule has 1 aliphatic carbocycles. The van der Waals surface area contributed by atoms with Crippen molar-refractivity contribution in [2.24, 2.45) is 0 Å². The van der Waals surface area contributed by atoms with Crippen molar-refractivity contribution in [2.75, 3.05) is 13.1 Å². The number of rotatable bonds is 5. The summed E-state index contributed by atoms with van der Waals surface area (Å²) in [6.45, 7) is 8.44. The Kier molecular flexibility index (Phi) is 3.88. The molecule has 0 spiro atoms. The summed E-state index contributed by atoms with van der Waals surface area (Å²) in [5, 5.41) is 19.5. The Hall–Kier alpha value is -1.32. The van der Waals surface area contributed by atoms with Crippen LogP contribution in [-0.2, 0) is 0 Å². The maximum absolute atomic E-state index is 10.3. The van der Waals surface area contributed by atoms with E-state index in [1.165, 1.54) is 6.08 Å². The zero-order valence-electron chi connectivity index (χ0n) is 8.76. The zero-order valence-corrected chi connectivity index (χ0v) is 8.76. The van der Waals surface area contributed by atoms with Gasteiger partial charge >= 0.3 is 0 Å². The average molecular weight is 207 g/mol. The summed E-state index contributed by atoms with van der Waals surface area (Å²) < 4.78 is 0. The number of aliphatic hydroxyl groups excluding tert-OH is 1. The normalized spacial score (nSPS) is 25.1. The Morgan fingerprint density at radius 1 is 1.40 bits per heavy atom. The van der Waals surface area contributed by atoms with E-state index in [1.54, 1.807) is 24.3 Å². The van der Waals surface area contributed by atoms with Gasteiger partial charge < -0.3 is 10.2 Å². The molecule has 0 aromatic heterocycles. The number of aliphatic hydroxyl groups is 2. The molecule has 15 heavy (non-hydrogen) atoms. The van der Waals surface area contributed by atoms with Gasteiger partial charge in [0, 0.05) is 19.5 Å². The van der Waals surface area contributed by atoms with Crippen LogP contribution in [0.5, 0.6) is 0 Å². The van der Waals surface area contributed by atoms with E-state index in [0.717, 1.165) is 0 Å². The first-order valence-electron chi connectivity index (χ1n) is 4.90. The van der Waals surface area contributed by atoms with Gasteiger partial charge in [-0.05, 0) is 18.2 Å². The van der Waals surface area contributed by atoms with Gasteiger partial charge in [0.15, 0.2) is 0 Å². The molecule has 3 nitrogen and oxygen atoms in total. The second-order valence-electron chi connectivity index (χ2n) is 3.53. The highest BCUT2D eigenvalue weighted by molar-refractivity contribution is 5.22. The molecular formula is C12H17NO2. The highest BCUT2D eigenvalue weighted by Crippen LogP contribution is 2.24. The lowest BCUT2D eigenvalue weighted by atomic mass is 10.0. The summed E-state index contributed by atoms with van der Waals surface area (Å²) in [5.41, 5.74) is -1.05. The molecule has 82 valence electrons. The van der Waals surface area contributed by atoms with Crippen molar-refractivity contribution in [3.8, 4) is 0 Å². The molecule has 0 heterocycles. The summed E-state index contributed by atoms with van der Waals surface area (Å²) in [6.07, 6.45) is 8.52. The molecule has 0 amide bonds. The second kappa shape index (κ2) is 4.96. The lowest BCUT2D eigenvalue weighted by molar-refractivity contribution is -0.0546. The van der Waals surface area contributed by atoms with E-state index in [0.29, 0.717) is 19.5 Å². The average Bonchev–Trinajstić information content (AvgIpc) is 2.23. The summed E-state index contributed by atoms with van der Waals surface area (Å²) in [4.78, 5) is 1.83. The number of nitrogens with zero attached hydrogens (tertiary/aromatic N) is 1. The molecule has 0 fully saturated rings. The standard InChI is InChI=1S/C12H17NO2/c1-3-9-13(10-4-2)12(15)7-5-11(14)6-8-12/h3-7,14-15H,1-2,8-10H2. The van der Waals surface area contributed by atoms with Crippen LogP contribution in [0.4, 0.5) is 0 Å². The van der Waals surface area contributed by atoms with Crippen molar-refractivity contribution in [1.29, 1.82) is 0 Å². The fraction of sp³-hybridized carbons (Fsp3) is 0.333. The zero-order chi connectivity index (χ0) is 11.3. The third kappa shape index (κ3) is 2.81. The quantitative estimate of drug-likeness (QED) is 0.533. The Balaban J connectivity index is 2.78. The Morgan fingerprint density at radius 2 is 2.00 bits per heavy atom. The first-order chi connectivity index (χ1) is 7.12. The van der Waals surface area contributed by atoms with E-state index in [9.17, 15) is 10.2 Å². The van der Waals surface area contributed by atoms with Crippen molar-refractivity contribution in [2.45, 2.75) is 12.1 Å². The van der Waals surface area contributed by atoms with Gasteiger partial charge in [-0.3, -0.25) is 4.90 Å². The predicted molar refractivity (Wildman–Crippen MR) is 61.4 cm³/mol. The molecule has 0 saturated carbocycles. The van der Waals surface area contributed by atoms with Gasteiger partial charge in [0.1, 0.15) is 11.5 Å². The van der Waals surface area contributed by atoms with Gasteiger partial charge in [-0.1, -0.05) is 12.2 Å². The molecule has 2 N–H and O–H groups in total. The third-order valence-corrected chi connectivity index (χ3v) is 2.38. The van der Waals surface area contributed by atoms with Gasteiger partial charge in [0.05, 0.1) is 0 Å². The lowest BCUT2D eigenvalue weighted by Gasteiger charge is -2.37. The van der Waals surface area contributed by atoms with Gasteiger partial charge in [-0.15, -0.1) is 13.2 Å². The summed E-state index contributed by atoms with van der Waals surface area (Å²) in [7, 11) is 0. The molecule has 0 aromatic carbocycles. The topological polar surface area (TPSA) is 43.7 Å². The van der Waals surface area contributed by atoms with Crippen LogP contribution in [0.2, 0.25) is 0 Å². The molecule has 1 atom stereocenters. The first-order valence-corrected chi connectivity index (χ1v) is 4.90. The Bertz CT molecular complexity index is 297.